The normalized spacial score (nSPS) is 11.9. The maximum absolute atomic E-state index is 12.0. The van der Waals surface area contributed by atoms with Gasteiger partial charge in [-0.15, -0.1) is 0 Å². The van der Waals surface area contributed by atoms with E-state index in [1.807, 2.05) is 91.9 Å². The average molecular weight is 358 g/mol. The first-order chi connectivity index (χ1) is 13.2. The molecule has 0 saturated carbocycles. The fourth-order valence-corrected chi connectivity index (χ4v) is 2.69. The van der Waals surface area contributed by atoms with Gasteiger partial charge in [-0.05, 0) is 17.2 Å². The van der Waals surface area contributed by atoms with E-state index in [0.717, 1.165) is 16.7 Å². The minimum atomic E-state index is -0.297. The van der Waals surface area contributed by atoms with Crippen molar-refractivity contribution in [1.82, 2.24) is 5.43 Å². The Morgan fingerprint density at radius 3 is 2.33 bits per heavy atom. The van der Waals surface area contributed by atoms with Gasteiger partial charge in [-0.1, -0.05) is 85.8 Å². The van der Waals surface area contributed by atoms with Crippen LogP contribution in [0, 0.1) is 0 Å². The van der Waals surface area contributed by atoms with Gasteiger partial charge in [0.2, 0.25) is 0 Å². The molecule has 4 heteroatoms. The molecule has 0 aromatic heterocycles. The third-order valence-corrected chi connectivity index (χ3v) is 4.14. The molecule has 3 aromatic carbocycles. The topological polar surface area (TPSA) is 50.7 Å². The number of nitrogens with zero attached hydrogens (tertiary/aromatic N) is 1. The Balaban J connectivity index is 1.55. The molecule has 3 rings (SSSR count). The Morgan fingerprint density at radius 2 is 1.59 bits per heavy atom. The summed E-state index contributed by atoms with van der Waals surface area (Å²) in [5, 5.41) is 4.04. The molecule has 0 bridgehead atoms. The van der Waals surface area contributed by atoms with Gasteiger partial charge in [0, 0.05) is 17.7 Å². The lowest BCUT2D eigenvalue weighted by atomic mass is 10.0. The van der Waals surface area contributed by atoms with Gasteiger partial charge in [0.05, 0.1) is 0 Å². The molecule has 0 fully saturated rings. The van der Waals surface area contributed by atoms with Crippen molar-refractivity contribution in [3.8, 4) is 16.9 Å². The Morgan fingerprint density at radius 1 is 0.963 bits per heavy atom. The van der Waals surface area contributed by atoms with Crippen LogP contribution in [0.15, 0.2) is 90.0 Å². The maximum atomic E-state index is 12.0. The number of para-hydroxylation sites is 1. The van der Waals surface area contributed by atoms with E-state index in [1.165, 1.54) is 0 Å². The van der Waals surface area contributed by atoms with Crippen molar-refractivity contribution in [2.75, 3.05) is 6.61 Å². The van der Waals surface area contributed by atoms with E-state index in [-0.39, 0.29) is 18.4 Å². The number of amides is 1. The number of hydrogen-bond acceptors (Lipinski definition) is 3. The predicted molar refractivity (Wildman–Crippen MR) is 109 cm³/mol. The Labute approximate surface area is 159 Å². The molecule has 0 saturated heterocycles. The van der Waals surface area contributed by atoms with Crippen LogP contribution in [0.4, 0.5) is 0 Å². The molecule has 0 aliphatic rings. The van der Waals surface area contributed by atoms with Crippen molar-refractivity contribution in [2.45, 2.75) is 12.8 Å². The van der Waals surface area contributed by atoms with Crippen molar-refractivity contribution >= 4 is 12.1 Å². The predicted octanol–water partition coefficient (Wildman–Crippen LogP) is 4.64. The Kier molecular flexibility index (Phi) is 6.36. The van der Waals surface area contributed by atoms with Crippen LogP contribution in [-0.2, 0) is 4.79 Å². The molecule has 0 aliphatic carbocycles. The van der Waals surface area contributed by atoms with E-state index in [1.54, 1.807) is 6.21 Å². The smallest absolute Gasteiger partial charge is 0.277 e. The van der Waals surface area contributed by atoms with Crippen LogP contribution >= 0.6 is 0 Å². The number of rotatable bonds is 7. The second kappa shape index (κ2) is 9.34. The van der Waals surface area contributed by atoms with Gasteiger partial charge < -0.3 is 4.74 Å². The molecule has 3 aromatic rings. The van der Waals surface area contributed by atoms with Gasteiger partial charge in [0.25, 0.3) is 5.91 Å². The highest BCUT2D eigenvalue weighted by molar-refractivity contribution is 5.79. The van der Waals surface area contributed by atoms with Crippen LogP contribution in [0.1, 0.15) is 18.4 Å². The second-order valence-electron chi connectivity index (χ2n) is 6.16. The Bertz CT molecular complexity index is 893. The van der Waals surface area contributed by atoms with Gasteiger partial charge in [0.15, 0.2) is 6.61 Å². The standard InChI is InChI=1S/C23H22N2O2/c1-18(19-10-4-2-5-11-19)16-24-25-23(26)17-27-22-15-9-8-14-21(22)20-12-6-3-7-13-20/h2-16,18H,17H2,1H3,(H,25,26)/b24-16-/t18-/m0/s1. The molecule has 0 radical (unpaired) electrons. The highest BCUT2D eigenvalue weighted by atomic mass is 16.5. The number of benzene rings is 3. The number of carbonyl (C=O) groups excluding carboxylic acids is 1. The number of carbonyl (C=O) groups is 1. The molecule has 0 aliphatic heterocycles. The summed E-state index contributed by atoms with van der Waals surface area (Å²) >= 11 is 0. The third kappa shape index (κ3) is 5.28. The van der Waals surface area contributed by atoms with E-state index < -0.39 is 0 Å². The van der Waals surface area contributed by atoms with E-state index in [9.17, 15) is 4.79 Å². The SMILES string of the molecule is C[C@@H](/C=N\NC(=O)COc1ccccc1-c1ccccc1)c1ccccc1. The fraction of sp³-hybridized carbons (Fsp3) is 0.130. The quantitative estimate of drug-likeness (QED) is 0.494. The van der Waals surface area contributed by atoms with Crippen molar-refractivity contribution in [2.24, 2.45) is 5.10 Å². The summed E-state index contributed by atoms with van der Waals surface area (Å²) in [5.41, 5.74) is 5.66. The summed E-state index contributed by atoms with van der Waals surface area (Å²) in [6, 6.07) is 27.6. The summed E-state index contributed by atoms with van der Waals surface area (Å²) in [6.07, 6.45) is 1.71. The zero-order valence-electron chi connectivity index (χ0n) is 15.2. The third-order valence-electron chi connectivity index (χ3n) is 4.14. The number of nitrogens with one attached hydrogen (secondary N) is 1. The van der Waals surface area contributed by atoms with Crippen molar-refractivity contribution in [3.05, 3.63) is 90.5 Å². The first kappa shape index (κ1) is 18.4. The first-order valence-electron chi connectivity index (χ1n) is 8.88. The van der Waals surface area contributed by atoms with Crippen molar-refractivity contribution in [3.63, 3.8) is 0 Å². The molecular formula is C23H22N2O2. The van der Waals surface area contributed by atoms with Gasteiger partial charge >= 0.3 is 0 Å². The van der Waals surface area contributed by atoms with Crippen LogP contribution in [0.2, 0.25) is 0 Å². The molecule has 136 valence electrons. The van der Waals surface area contributed by atoms with Crippen LogP contribution in [-0.4, -0.2) is 18.7 Å². The van der Waals surface area contributed by atoms with Crippen molar-refractivity contribution < 1.29 is 9.53 Å². The number of hydrazone groups is 1. The van der Waals surface area contributed by atoms with Gasteiger partial charge in [-0.3, -0.25) is 4.79 Å². The monoisotopic (exact) mass is 358 g/mol. The Hall–Kier alpha value is -3.40. The van der Waals surface area contributed by atoms with E-state index in [4.69, 9.17) is 4.74 Å². The molecule has 27 heavy (non-hydrogen) atoms. The molecular weight excluding hydrogens is 336 g/mol. The number of ether oxygens (including phenoxy) is 1. The van der Waals surface area contributed by atoms with E-state index >= 15 is 0 Å². The van der Waals surface area contributed by atoms with E-state index in [2.05, 4.69) is 10.5 Å². The summed E-state index contributed by atoms with van der Waals surface area (Å²) in [4.78, 5) is 12.0. The summed E-state index contributed by atoms with van der Waals surface area (Å²) in [5.74, 6) is 0.487. The molecule has 0 unspecified atom stereocenters. The highest BCUT2D eigenvalue weighted by Gasteiger charge is 2.08. The van der Waals surface area contributed by atoms with Crippen LogP contribution < -0.4 is 10.2 Å². The summed E-state index contributed by atoms with van der Waals surface area (Å²) < 4.78 is 5.71. The molecule has 0 spiro atoms. The average Bonchev–Trinajstić information content (AvgIpc) is 2.73. The van der Waals surface area contributed by atoms with Crippen LogP contribution in [0.25, 0.3) is 11.1 Å². The molecule has 1 amide bonds. The number of hydrogen-bond donors (Lipinski definition) is 1. The molecule has 1 atom stereocenters. The lowest BCUT2D eigenvalue weighted by Gasteiger charge is -2.11. The largest absolute Gasteiger partial charge is 0.483 e. The molecule has 0 heterocycles. The second-order valence-corrected chi connectivity index (χ2v) is 6.16. The maximum Gasteiger partial charge on any atom is 0.277 e. The molecule has 1 N–H and O–H groups in total. The van der Waals surface area contributed by atoms with Gasteiger partial charge in [0.1, 0.15) is 5.75 Å². The molecule has 4 nitrogen and oxygen atoms in total. The van der Waals surface area contributed by atoms with Crippen LogP contribution in [0.5, 0.6) is 5.75 Å². The zero-order chi connectivity index (χ0) is 18.9. The summed E-state index contributed by atoms with van der Waals surface area (Å²) in [6.45, 7) is 1.93. The lowest BCUT2D eigenvalue weighted by Crippen LogP contribution is -2.25. The zero-order valence-corrected chi connectivity index (χ0v) is 15.2. The van der Waals surface area contributed by atoms with Crippen molar-refractivity contribution in [1.29, 1.82) is 0 Å². The van der Waals surface area contributed by atoms with Crippen LogP contribution in [0.3, 0.4) is 0 Å². The summed E-state index contributed by atoms with van der Waals surface area (Å²) in [7, 11) is 0. The van der Waals surface area contributed by atoms with Gasteiger partial charge in [-0.2, -0.15) is 5.10 Å². The minimum Gasteiger partial charge on any atom is -0.483 e. The lowest BCUT2D eigenvalue weighted by molar-refractivity contribution is -0.123. The first-order valence-corrected chi connectivity index (χ1v) is 8.88. The van der Waals surface area contributed by atoms with Gasteiger partial charge in [-0.25, -0.2) is 5.43 Å². The fourth-order valence-electron chi connectivity index (χ4n) is 2.69. The van der Waals surface area contributed by atoms with E-state index in [0.29, 0.717) is 5.75 Å². The minimum absolute atomic E-state index is 0.0963. The highest BCUT2D eigenvalue weighted by Crippen LogP contribution is 2.29.